The van der Waals surface area contributed by atoms with Crippen LogP contribution >= 0.6 is 0 Å². The van der Waals surface area contributed by atoms with Gasteiger partial charge in [0.15, 0.2) is 0 Å². The molecular weight excluding hydrogens is 244 g/mol. The SMILES string of the molecule is NC(=O)CCCC1=N/C(=C/c2ccccc2)OC1=O. The summed E-state index contributed by atoms with van der Waals surface area (Å²) in [6, 6.07) is 9.46. The van der Waals surface area contributed by atoms with E-state index < -0.39 is 5.97 Å². The monoisotopic (exact) mass is 258 g/mol. The Morgan fingerprint density at radius 2 is 2.05 bits per heavy atom. The fourth-order valence-electron chi connectivity index (χ4n) is 1.70. The summed E-state index contributed by atoms with van der Waals surface area (Å²) in [6.07, 6.45) is 2.83. The quantitative estimate of drug-likeness (QED) is 0.815. The van der Waals surface area contributed by atoms with Crippen LogP contribution in [0.1, 0.15) is 24.8 Å². The number of cyclic esters (lactones) is 1. The Morgan fingerprint density at radius 3 is 2.74 bits per heavy atom. The van der Waals surface area contributed by atoms with Gasteiger partial charge >= 0.3 is 5.97 Å². The highest BCUT2D eigenvalue weighted by Gasteiger charge is 2.22. The fourth-order valence-corrected chi connectivity index (χ4v) is 1.70. The molecule has 1 aliphatic heterocycles. The third-order valence-electron chi connectivity index (χ3n) is 2.60. The number of hydrogen-bond acceptors (Lipinski definition) is 4. The van der Waals surface area contributed by atoms with E-state index in [1.165, 1.54) is 0 Å². The lowest BCUT2D eigenvalue weighted by Gasteiger charge is -1.95. The molecule has 98 valence electrons. The summed E-state index contributed by atoms with van der Waals surface area (Å²) in [5.41, 5.74) is 6.28. The lowest BCUT2D eigenvalue weighted by atomic mass is 10.1. The molecule has 5 heteroatoms. The fraction of sp³-hybridized carbons (Fsp3) is 0.214. The number of carbonyl (C=O) groups excluding carboxylic acids is 2. The number of primary amides is 1. The molecule has 0 aromatic heterocycles. The molecule has 1 aliphatic rings. The van der Waals surface area contributed by atoms with Crippen LogP contribution in [-0.2, 0) is 14.3 Å². The Labute approximate surface area is 110 Å². The molecule has 0 radical (unpaired) electrons. The highest BCUT2D eigenvalue weighted by atomic mass is 16.6. The van der Waals surface area contributed by atoms with Gasteiger partial charge in [-0.1, -0.05) is 30.3 Å². The highest BCUT2D eigenvalue weighted by Crippen LogP contribution is 2.17. The number of carbonyl (C=O) groups is 2. The van der Waals surface area contributed by atoms with Crippen LogP contribution in [0.15, 0.2) is 41.2 Å². The number of hydrogen-bond donors (Lipinski definition) is 1. The van der Waals surface area contributed by atoms with Crippen molar-refractivity contribution in [3.63, 3.8) is 0 Å². The van der Waals surface area contributed by atoms with E-state index in [9.17, 15) is 9.59 Å². The standard InChI is InChI=1S/C14H14N2O3/c15-12(17)8-4-7-11-14(18)19-13(16-11)9-10-5-2-1-3-6-10/h1-3,5-6,9H,4,7-8H2,(H2,15,17)/b13-9-. The normalized spacial score (nSPS) is 16.3. The molecule has 1 aromatic carbocycles. The van der Waals surface area contributed by atoms with E-state index in [1.807, 2.05) is 30.3 Å². The van der Waals surface area contributed by atoms with E-state index in [0.717, 1.165) is 5.56 Å². The molecule has 1 aromatic rings. The third kappa shape index (κ3) is 3.77. The molecule has 0 saturated carbocycles. The van der Waals surface area contributed by atoms with Crippen molar-refractivity contribution in [2.75, 3.05) is 0 Å². The lowest BCUT2D eigenvalue weighted by molar-refractivity contribution is -0.130. The zero-order valence-corrected chi connectivity index (χ0v) is 10.3. The summed E-state index contributed by atoms with van der Waals surface area (Å²) in [4.78, 5) is 26.3. The van der Waals surface area contributed by atoms with Gasteiger partial charge in [-0.25, -0.2) is 9.79 Å². The molecule has 0 saturated heterocycles. The van der Waals surface area contributed by atoms with Crippen LogP contribution < -0.4 is 5.73 Å². The molecule has 1 heterocycles. The maximum atomic E-state index is 11.5. The summed E-state index contributed by atoms with van der Waals surface area (Å²) < 4.78 is 5.04. The van der Waals surface area contributed by atoms with Gasteiger partial charge in [0.1, 0.15) is 5.71 Å². The first-order valence-corrected chi connectivity index (χ1v) is 6.00. The Balaban J connectivity index is 2.02. The van der Waals surface area contributed by atoms with E-state index in [-0.39, 0.29) is 18.2 Å². The minimum absolute atomic E-state index is 0.240. The molecule has 0 fully saturated rings. The summed E-state index contributed by atoms with van der Waals surface area (Å²) in [5, 5.41) is 0. The molecule has 0 bridgehead atoms. The van der Waals surface area contributed by atoms with Gasteiger partial charge in [0.2, 0.25) is 11.8 Å². The molecule has 0 spiro atoms. The predicted octanol–water partition coefficient (Wildman–Crippen LogP) is 1.64. The Bertz CT molecular complexity index is 547. The third-order valence-corrected chi connectivity index (χ3v) is 2.60. The van der Waals surface area contributed by atoms with Crippen molar-refractivity contribution in [3.8, 4) is 0 Å². The van der Waals surface area contributed by atoms with Crippen LogP contribution in [0.5, 0.6) is 0 Å². The number of benzene rings is 1. The van der Waals surface area contributed by atoms with E-state index >= 15 is 0 Å². The molecule has 5 nitrogen and oxygen atoms in total. The first kappa shape index (κ1) is 13.0. The number of ether oxygens (including phenoxy) is 1. The van der Waals surface area contributed by atoms with Crippen LogP contribution in [0, 0.1) is 0 Å². The van der Waals surface area contributed by atoms with Gasteiger partial charge < -0.3 is 10.5 Å². The average Bonchev–Trinajstić information content (AvgIpc) is 2.70. The van der Waals surface area contributed by atoms with Gasteiger partial charge in [-0.3, -0.25) is 4.79 Å². The highest BCUT2D eigenvalue weighted by molar-refractivity contribution is 6.38. The van der Waals surface area contributed by atoms with Crippen molar-refractivity contribution in [2.24, 2.45) is 10.7 Å². The van der Waals surface area contributed by atoms with Crippen LogP contribution in [0.2, 0.25) is 0 Å². The Kier molecular flexibility index (Phi) is 4.07. The average molecular weight is 258 g/mol. The predicted molar refractivity (Wildman–Crippen MR) is 71.0 cm³/mol. The molecule has 19 heavy (non-hydrogen) atoms. The smallest absolute Gasteiger partial charge is 0.359 e. The summed E-state index contributed by atoms with van der Waals surface area (Å²) in [7, 11) is 0. The topological polar surface area (TPSA) is 81.8 Å². The van der Waals surface area contributed by atoms with Crippen LogP contribution in [-0.4, -0.2) is 17.6 Å². The maximum Gasteiger partial charge on any atom is 0.359 e. The van der Waals surface area contributed by atoms with E-state index in [1.54, 1.807) is 6.08 Å². The van der Waals surface area contributed by atoms with Gasteiger partial charge in [-0.2, -0.15) is 0 Å². The Morgan fingerprint density at radius 1 is 1.32 bits per heavy atom. The van der Waals surface area contributed by atoms with Gasteiger partial charge in [-0.15, -0.1) is 0 Å². The number of amides is 1. The van der Waals surface area contributed by atoms with Crippen molar-refractivity contribution >= 4 is 23.7 Å². The Hall–Kier alpha value is -2.43. The molecule has 0 atom stereocenters. The number of aliphatic imine (C=N–C) groups is 1. The van der Waals surface area contributed by atoms with Gasteiger partial charge in [0.05, 0.1) is 0 Å². The van der Waals surface area contributed by atoms with Gasteiger partial charge in [0.25, 0.3) is 0 Å². The van der Waals surface area contributed by atoms with Crippen molar-refractivity contribution in [1.82, 2.24) is 0 Å². The summed E-state index contributed by atoms with van der Waals surface area (Å²) in [5.74, 6) is -0.552. The second-order valence-corrected chi connectivity index (χ2v) is 4.16. The first-order chi connectivity index (χ1) is 9.15. The van der Waals surface area contributed by atoms with Gasteiger partial charge in [0, 0.05) is 12.5 Å². The van der Waals surface area contributed by atoms with Crippen molar-refractivity contribution in [1.29, 1.82) is 0 Å². The van der Waals surface area contributed by atoms with E-state index in [4.69, 9.17) is 10.5 Å². The zero-order chi connectivity index (χ0) is 13.7. The van der Waals surface area contributed by atoms with Crippen LogP contribution in [0.25, 0.3) is 6.08 Å². The molecule has 2 rings (SSSR count). The largest absolute Gasteiger partial charge is 0.403 e. The number of nitrogens with two attached hydrogens (primary N) is 1. The number of nitrogens with zero attached hydrogens (tertiary/aromatic N) is 1. The number of esters is 1. The maximum absolute atomic E-state index is 11.5. The molecular formula is C14H14N2O3. The van der Waals surface area contributed by atoms with E-state index in [2.05, 4.69) is 4.99 Å². The minimum atomic E-state index is -0.452. The second kappa shape index (κ2) is 5.95. The van der Waals surface area contributed by atoms with Crippen LogP contribution in [0.4, 0.5) is 0 Å². The van der Waals surface area contributed by atoms with Crippen molar-refractivity contribution in [2.45, 2.75) is 19.3 Å². The van der Waals surface area contributed by atoms with Crippen molar-refractivity contribution in [3.05, 3.63) is 41.8 Å². The minimum Gasteiger partial charge on any atom is -0.403 e. The molecule has 2 N–H and O–H groups in total. The molecule has 0 aliphatic carbocycles. The summed E-state index contributed by atoms with van der Waals surface area (Å²) in [6.45, 7) is 0. The zero-order valence-electron chi connectivity index (χ0n) is 10.3. The summed E-state index contributed by atoms with van der Waals surface area (Å²) >= 11 is 0. The van der Waals surface area contributed by atoms with E-state index in [0.29, 0.717) is 18.6 Å². The molecule has 0 unspecified atom stereocenters. The van der Waals surface area contributed by atoms with Gasteiger partial charge in [-0.05, 0) is 18.4 Å². The van der Waals surface area contributed by atoms with Crippen LogP contribution in [0.3, 0.4) is 0 Å². The first-order valence-electron chi connectivity index (χ1n) is 6.00. The second-order valence-electron chi connectivity index (χ2n) is 4.16. The molecule has 1 amide bonds. The lowest BCUT2D eigenvalue weighted by Crippen LogP contribution is -2.13. The van der Waals surface area contributed by atoms with Crippen molar-refractivity contribution < 1.29 is 14.3 Å². The number of rotatable bonds is 5.